The minimum Gasteiger partial charge on any atom is -0.463 e. The number of rotatable bonds is 15. The maximum Gasteiger partial charge on any atom is 0.377 e. The van der Waals surface area contributed by atoms with E-state index in [4.69, 9.17) is 47.4 Å². The first-order valence-corrected chi connectivity index (χ1v) is 40.6. The number of alkyl halides is 12. The zero-order valence-electron chi connectivity index (χ0n) is 66.7. The lowest BCUT2D eigenvalue weighted by Crippen LogP contribution is -2.66. The highest BCUT2D eigenvalue weighted by Gasteiger charge is 2.75. The fourth-order valence-corrected chi connectivity index (χ4v) is 22.0. The molecule has 13 saturated carbocycles. The van der Waals surface area contributed by atoms with E-state index in [1.165, 1.54) is 36.8 Å². The standard InChI is InChI=1S/C21H26F2O2.C19H22F2O8.C17H20F2O6.C10H16F2O2.2C7H8F2O4/c1-14-3-5-17(6-4-14)21-10-15-7-16(11-21)9-20(8-15,12-21)13-25-18(24)19(2,22)23;1-17(20,21)16(24)29-18-4-7-2-8(5-18)19(9(3-7)6-18)27-13-12-11(26-15(13)28-19)10(22)14(23)25-12;1-15(18,19)14(21)25-16-4-8-2-9(5-16)17(10(3-8)6-16)23-11-7-22-13(20)12(11)24-17;1-10(11,12)9(13)14-7-8-5-3-2-4-6-8;1-7(8,9)6(11)13-4-2-5(10)12-3-4;1-7(8,9)6(11)13-4-2-3-12-5(4)10/h3-6,15-16H,7-13H2,1-2H3;7-13,15,22H,2-6H2,1H3;8-12H,2-7H2,1H3;8H,2-7H2,1H3;2*4H,2-3H2,1H3. The molecule has 20 fully saturated rings. The van der Waals surface area contributed by atoms with Gasteiger partial charge in [0, 0.05) is 77.0 Å². The van der Waals surface area contributed by atoms with Gasteiger partial charge in [-0.15, -0.1) is 0 Å². The van der Waals surface area contributed by atoms with Gasteiger partial charge in [0.2, 0.25) is 6.10 Å². The SMILES string of the molecule is CC(F)(F)C(=O)OC12CC3CC(C1)C1(OC4COC(=O)C4O1)C(C3)C2.CC(F)(F)C(=O)OC12CC3CC(C1)C1(OC4OC5C(O)C(=O)OC5C4O1)C(C3)C2.CC(F)(F)C(=O)OC1CCOC1=O.CC(F)(F)C(=O)OC1COC(=O)C1.CC(F)(F)C(=O)OCC1CCCCC1.Cc1ccc(C23CC4CC(CC(COC(=O)C(C)(F)F)(C4)C2)C3)cc1. The van der Waals surface area contributed by atoms with E-state index < -0.39 is 173 Å². The van der Waals surface area contributed by atoms with Crippen molar-refractivity contribution in [3.63, 3.8) is 0 Å². The number of carbonyl (C=O) groups excluding carboxylic acids is 10. The molecule has 1 aromatic rings. The molecule has 7 heterocycles. The molecule has 0 amide bonds. The topological polar surface area (TPSA) is 329 Å². The Balaban J connectivity index is 0.000000128. The van der Waals surface area contributed by atoms with Gasteiger partial charge in [0.1, 0.15) is 42.7 Å². The summed E-state index contributed by atoms with van der Waals surface area (Å²) < 4.78 is 232. The summed E-state index contributed by atoms with van der Waals surface area (Å²) in [7, 11) is 0. The molecule has 664 valence electrons. The van der Waals surface area contributed by atoms with Crippen LogP contribution in [0.5, 0.6) is 0 Å². The Morgan fingerprint density at radius 1 is 0.487 bits per heavy atom. The summed E-state index contributed by atoms with van der Waals surface area (Å²) in [6, 6.07) is 8.81. The number of hydrogen-bond acceptors (Lipinski definition) is 26. The van der Waals surface area contributed by atoms with Crippen molar-refractivity contribution in [2.24, 2.45) is 58.7 Å². The summed E-state index contributed by atoms with van der Waals surface area (Å²) in [5.41, 5.74) is 0.881. The Labute approximate surface area is 676 Å². The summed E-state index contributed by atoms with van der Waals surface area (Å²) in [6.45, 7) is 5.69. The average molecular weight is 1720 g/mol. The molecule has 2 spiro atoms. The molecule has 38 heteroatoms. The molecule has 15 unspecified atom stereocenters. The van der Waals surface area contributed by atoms with Gasteiger partial charge in [-0.05, 0) is 163 Å². The molecule has 15 atom stereocenters. The Kier molecular flexibility index (Phi) is 24.7. The first-order chi connectivity index (χ1) is 55.3. The number of benzene rings is 1. The normalized spacial score (nSPS) is 38.7. The van der Waals surface area contributed by atoms with E-state index in [2.05, 4.69) is 54.9 Å². The molecule has 0 aromatic heterocycles. The number of ether oxygens (including phenoxy) is 15. The molecule has 1 aromatic carbocycles. The summed E-state index contributed by atoms with van der Waals surface area (Å²) >= 11 is 0. The fourth-order valence-electron chi connectivity index (χ4n) is 22.0. The molecular weight excluding hydrogens is 1620 g/mol. The zero-order chi connectivity index (χ0) is 86.6. The average Bonchev–Trinajstić information content (AvgIpc) is 1.62. The van der Waals surface area contributed by atoms with Crippen LogP contribution in [0, 0.1) is 65.6 Å². The van der Waals surface area contributed by atoms with Crippen LogP contribution in [0.15, 0.2) is 24.3 Å². The second kappa shape index (κ2) is 32.8. The van der Waals surface area contributed by atoms with Crippen LogP contribution < -0.4 is 0 Å². The van der Waals surface area contributed by atoms with Crippen LogP contribution in [0.2, 0.25) is 0 Å². The highest BCUT2D eigenvalue weighted by Crippen LogP contribution is 2.69. The molecule has 1 N–H and O–H groups in total. The molecular formula is C81H100F12O26. The van der Waals surface area contributed by atoms with E-state index in [1.54, 1.807) is 0 Å². The minimum absolute atomic E-state index is 0.0598. The molecule has 119 heavy (non-hydrogen) atoms. The molecule has 13 aliphatic carbocycles. The molecule has 20 aliphatic rings. The van der Waals surface area contributed by atoms with Crippen LogP contribution >= 0.6 is 0 Å². The smallest absolute Gasteiger partial charge is 0.377 e. The van der Waals surface area contributed by atoms with Gasteiger partial charge in [-0.1, -0.05) is 49.1 Å². The second-order valence-corrected chi connectivity index (χ2v) is 36.5. The van der Waals surface area contributed by atoms with Crippen molar-refractivity contribution in [1.29, 1.82) is 0 Å². The quantitative estimate of drug-likeness (QED) is 0.0968. The maximum atomic E-state index is 13.4. The van der Waals surface area contributed by atoms with Crippen LogP contribution in [-0.2, 0) is 124 Å². The van der Waals surface area contributed by atoms with Gasteiger partial charge in [-0.25, -0.2) is 43.2 Å². The van der Waals surface area contributed by atoms with Crippen LogP contribution in [0.3, 0.4) is 0 Å². The predicted molar refractivity (Wildman–Crippen MR) is 375 cm³/mol. The summed E-state index contributed by atoms with van der Waals surface area (Å²) in [5, 5.41) is 9.89. The van der Waals surface area contributed by atoms with Gasteiger partial charge in [-0.2, -0.15) is 52.7 Å². The third kappa shape index (κ3) is 19.2. The number of aliphatic hydroxyl groups excluding tert-OH is 1. The second-order valence-electron chi connectivity index (χ2n) is 36.5. The van der Waals surface area contributed by atoms with E-state index in [0.29, 0.717) is 97.8 Å². The van der Waals surface area contributed by atoms with Crippen molar-refractivity contribution in [2.45, 2.75) is 315 Å². The van der Waals surface area contributed by atoms with Gasteiger partial charge in [-0.3, -0.25) is 4.79 Å². The maximum absolute atomic E-state index is 13.4. The minimum atomic E-state index is -3.57. The Morgan fingerprint density at radius 3 is 1.47 bits per heavy atom. The Hall–Kier alpha value is -7.16. The summed E-state index contributed by atoms with van der Waals surface area (Å²) in [5.74, 6) is -32.5. The van der Waals surface area contributed by atoms with Crippen molar-refractivity contribution < 1.29 is 177 Å². The van der Waals surface area contributed by atoms with Gasteiger partial charge in [0.25, 0.3) is 0 Å². The highest BCUT2D eigenvalue weighted by atomic mass is 19.3. The number of aryl methyl sites for hydroxylation is 1. The van der Waals surface area contributed by atoms with Crippen molar-refractivity contribution in [3.05, 3.63) is 35.4 Å². The number of esters is 10. The van der Waals surface area contributed by atoms with Crippen LogP contribution in [0.1, 0.15) is 200 Å². The van der Waals surface area contributed by atoms with E-state index in [1.807, 2.05) is 0 Å². The van der Waals surface area contributed by atoms with Crippen molar-refractivity contribution in [2.75, 3.05) is 33.0 Å². The zero-order valence-corrected chi connectivity index (χ0v) is 66.7. The van der Waals surface area contributed by atoms with E-state index in [0.717, 1.165) is 70.6 Å². The first kappa shape index (κ1) is 89.6. The van der Waals surface area contributed by atoms with E-state index in [9.17, 15) is 106 Å². The summed E-state index contributed by atoms with van der Waals surface area (Å²) in [6.07, 6.45) is 10.7. The third-order valence-electron chi connectivity index (χ3n) is 26.3. The van der Waals surface area contributed by atoms with Crippen LogP contribution in [-0.4, -0.2) is 211 Å². The Bertz CT molecular complexity index is 3940. The van der Waals surface area contributed by atoms with E-state index in [-0.39, 0.29) is 92.2 Å². The first-order valence-electron chi connectivity index (χ1n) is 40.6. The van der Waals surface area contributed by atoms with Crippen LogP contribution in [0.25, 0.3) is 0 Å². The molecule has 12 bridgehead atoms. The predicted octanol–water partition coefficient (Wildman–Crippen LogP) is 11.5. The number of hydrogen-bond donors (Lipinski definition) is 1. The van der Waals surface area contributed by atoms with Crippen molar-refractivity contribution in [1.82, 2.24) is 0 Å². The molecule has 0 radical (unpaired) electrons. The number of aliphatic hydroxyl groups is 1. The number of fused-ring (bicyclic) bond motifs is 4. The van der Waals surface area contributed by atoms with E-state index >= 15 is 0 Å². The van der Waals surface area contributed by atoms with Crippen molar-refractivity contribution in [3.8, 4) is 0 Å². The monoisotopic (exact) mass is 1720 g/mol. The lowest BCUT2D eigenvalue weighted by Gasteiger charge is -2.62. The van der Waals surface area contributed by atoms with Gasteiger partial charge in [0.05, 0.1) is 26.2 Å². The molecule has 7 saturated heterocycles. The number of cyclic esters (lactones) is 3. The lowest BCUT2D eigenvalue weighted by molar-refractivity contribution is -0.343. The van der Waals surface area contributed by atoms with Crippen LogP contribution in [0.4, 0.5) is 52.7 Å². The fraction of sp³-hybridized carbons (Fsp3) is 0.802. The Morgan fingerprint density at radius 2 is 0.992 bits per heavy atom. The molecule has 7 aliphatic heterocycles. The number of halogens is 12. The highest BCUT2D eigenvalue weighted by molar-refractivity contribution is 5.84. The largest absolute Gasteiger partial charge is 0.463 e. The van der Waals surface area contributed by atoms with Gasteiger partial charge >= 0.3 is 95.2 Å². The van der Waals surface area contributed by atoms with Crippen molar-refractivity contribution >= 4 is 59.7 Å². The van der Waals surface area contributed by atoms with Gasteiger partial charge in [0.15, 0.2) is 42.3 Å². The third-order valence-corrected chi connectivity index (χ3v) is 26.3. The lowest BCUT2D eigenvalue weighted by atomic mass is 9.43. The van der Waals surface area contributed by atoms with Gasteiger partial charge < -0.3 is 76.2 Å². The molecule has 26 nitrogen and oxygen atoms in total. The molecule has 21 rings (SSSR count). The summed E-state index contributed by atoms with van der Waals surface area (Å²) in [4.78, 5) is 112. The number of carbonyl (C=O) groups is 10.